The molecule has 0 bridgehead atoms. The second-order valence-electron chi connectivity index (χ2n) is 3.71. The van der Waals surface area contributed by atoms with Crippen molar-refractivity contribution in [2.24, 2.45) is 5.11 Å². The molecule has 2 rings (SSSR count). The first-order chi connectivity index (χ1) is 9.22. The Morgan fingerprint density at radius 2 is 2.42 bits per heavy atom. The highest BCUT2D eigenvalue weighted by Gasteiger charge is 2.07. The van der Waals surface area contributed by atoms with Crippen molar-refractivity contribution in [1.82, 2.24) is 9.55 Å². The first-order valence-electron chi connectivity index (χ1n) is 5.49. The number of nitrogens with zero attached hydrogens (tertiary/aromatic N) is 5. The molecule has 0 saturated carbocycles. The summed E-state index contributed by atoms with van der Waals surface area (Å²) in [5, 5.41) is 12.1. The van der Waals surface area contributed by atoms with Gasteiger partial charge in [0.25, 0.3) is 0 Å². The van der Waals surface area contributed by atoms with Crippen molar-refractivity contribution in [2.45, 2.75) is 6.54 Å². The number of carbonyl (C=O) groups is 1. The Kier molecular flexibility index (Phi) is 3.97. The van der Waals surface area contributed by atoms with E-state index in [2.05, 4.69) is 15.0 Å². The zero-order chi connectivity index (χ0) is 13.7. The van der Waals surface area contributed by atoms with Crippen molar-refractivity contribution in [2.75, 3.05) is 13.3 Å². The standard InChI is InChI=1S/C11H11N5O3/c12-15-14-7-19-4-3-16-6-13-9-5-8(11(17)18)1-2-10(9)16/h1-2,5-6H,3-4,7H2,(H,17,18). The van der Waals surface area contributed by atoms with Gasteiger partial charge in [-0.2, -0.15) is 0 Å². The third-order valence-electron chi connectivity index (χ3n) is 2.56. The van der Waals surface area contributed by atoms with Crippen LogP contribution >= 0.6 is 0 Å². The Bertz CT molecular complexity index is 645. The van der Waals surface area contributed by atoms with E-state index < -0.39 is 5.97 Å². The van der Waals surface area contributed by atoms with Crippen molar-refractivity contribution in [3.05, 3.63) is 40.5 Å². The van der Waals surface area contributed by atoms with Crippen LogP contribution in [0.5, 0.6) is 0 Å². The van der Waals surface area contributed by atoms with E-state index in [1.54, 1.807) is 12.4 Å². The molecule has 0 aliphatic rings. The van der Waals surface area contributed by atoms with E-state index in [0.29, 0.717) is 18.7 Å². The molecule has 8 nitrogen and oxygen atoms in total. The van der Waals surface area contributed by atoms with Crippen LogP contribution in [0, 0.1) is 0 Å². The summed E-state index contributed by atoms with van der Waals surface area (Å²) in [5.41, 5.74) is 9.73. The summed E-state index contributed by atoms with van der Waals surface area (Å²) in [6.45, 7) is 0.918. The van der Waals surface area contributed by atoms with Crippen LogP contribution in [0.25, 0.3) is 21.5 Å². The molecule has 0 atom stereocenters. The van der Waals surface area contributed by atoms with Gasteiger partial charge in [0.2, 0.25) is 0 Å². The summed E-state index contributed by atoms with van der Waals surface area (Å²) in [6.07, 6.45) is 1.62. The third-order valence-corrected chi connectivity index (χ3v) is 2.56. The van der Waals surface area contributed by atoms with E-state index in [0.717, 1.165) is 5.52 Å². The number of hydrogen-bond donors (Lipinski definition) is 1. The molecule has 8 heteroatoms. The monoisotopic (exact) mass is 261 g/mol. The molecule has 0 aliphatic heterocycles. The molecule has 0 radical (unpaired) electrons. The Morgan fingerprint density at radius 1 is 1.58 bits per heavy atom. The van der Waals surface area contributed by atoms with E-state index in [9.17, 15) is 4.79 Å². The lowest BCUT2D eigenvalue weighted by Gasteiger charge is -2.04. The Hall–Kier alpha value is -2.57. The van der Waals surface area contributed by atoms with Crippen LogP contribution in [0.3, 0.4) is 0 Å². The molecule has 1 N–H and O–H groups in total. The van der Waals surface area contributed by atoms with Crippen molar-refractivity contribution < 1.29 is 14.6 Å². The van der Waals surface area contributed by atoms with E-state index in [4.69, 9.17) is 15.4 Å². The number of carboxylic acids is 1. The number of imidazole rings is 1. The minimum Gasteiger partial charge on any atom is -0.478 e. The fraction of sp³-hybridized carbons (Fsp3) is 0.273. The fourth-order valence-electron chi connectivity index (χ4n) is 1.67. The van der Waals surface area contributed by atoms with E-state index in [-0.39, 0.29) is 12.3 Å². The first-order valence-corrected chi connectivity index (χ1v) is 5.49. The van der Waals surface area contributed by atoms with Gasteiger partial charge < -0.3 is 14.4 Å². The van der Waals surface area contributed by atoms with Gasteiger partial charge in [0.05, 0.1) is 29.5 Å². The molecule has 1 heterocycles. The van der Waals surface area contributed by atoms with Crippen molar-refractivity contribution in [1.29, 1.82) is 0 Å². The summed E-state index contributed by atoms with van der Waals surface area (Å²) < 4.78 is 6.94. The van der Waals surface area contributed by atoms with Gasteiger partial charge in [-0.15, -0.1) is 0 Å². The summed E-state index contributed by atoms with van der Waals surface area (Å²) in [5.74, 6) is -0.978. The topological polar surface area (TPSA) is 113 Å². The highest BCUT2D eigenvalue weighted by molar-refractivity contribution is 5.92. The van der Waals surface area contributed by atoms with Crippen LogP contribution < -0.4 is 0 Å². The predicted molar refractivity (Wildman–Crippen MR) is 66.7 cm³/mol. The van der Waals surface area contributed by atoms with Crippen LogP contribution in [0.2, 0.25) is 0 Å². The van der Waals surface area contributed by atoms with Gasteiger partial charge in [0, 0.05) is 11.5 Å². The maximum absolute atomic E-state index is 10.8. The van der Waals surface area contributed by atoms with Crippen LogP contribution in [0.1, 0.15) is 10.4 Å². The zero-order valence-corrected chi connectivity index (χ0v) is 9.93. The number of ether oxygens (including phenoxy) is 1. The maximum atomic E-state index is 10.8. The number of azide groups is 1. The van der Waals surface area contributed by atoms with E-state index >= 15 is 0 Å². The van der Waals surface area contributed by atoms with E-state index in [1.165, 1.54) is 12.1 Å². The lowest BCUT2D eigenvalue weighted by atomic mass is 10.2. The Morgan fingerprint density at radius 3 is 3.16 bits per heavy atom. The van der Waals surface area contributed by atoms with Crippen molar-refractivity contribution in [3.63, 3.8) is 0 Å². The highest BCUT2D eigenvalue weighted by Crippen LogP contribution is 2.15. The van der Waals surface area contributed by atoms with Crippen molar-refractivity contribution >= 4 is 17.0 Å². The highest BCUT2D eigenvalue weighted by atomic mass is 16.5. The SMILES string of the molecule is [N-]=[N+]=NCOCCn1cnc2cc(C(=O)O)ccc21. The fourth-order valence-corrected chi connectivity index (χ4v) is 1.67. The smallest absolute Gasteiger partial charge is 0.335 e. The molecular formula is C11H11N5O3. The largest absolute Gasteiger partial charge is 0.478 e. The van der Waals surface area contributed by atoms with Crippen LogP contribution in [-0.2, 0) is 11.3 Å². The molecular weight excluding hydrogens is 250 g/mol. The van der Waals surface area contributed by atoms with Gasteiger partial charge in [0.1, 0.15) is 6.73 Å². The number of aromatic nitrogens is 2. The summed E-state index contributed by atoms with van der Waals surface area (Å²) >= 11 is 0. The number of rotatable bonds is 6. The average Bonchev–Trinajstić information content (AvgIpc) is 2.81. The predicted octanol–water partition coefficient (Wildman–Crippen LogP) is 2.02. The molecule has 0 aliphatic carbocycles. The lowest BCUT2D eigenvalue weighted by molar-refractivity contribution is 0.0697. The van der Waals surface area contributed by atoms with Gasteiger partial charge in [-0.25, -0.2) is 9.78 Å². The van der Waals surface area contributed by atoms with Crippen LogP contribution in [-0.4, -0.2) is 34.0 Å². The second-order valence-corrected chi connectivity index (χ2v) is 3.71. The van der Waals surface area contributed by atoms with Gasteiger partial charge in [-0.05, 0) is 23.7 Å². The maximum Gasteiger partial charge on any atom is 0.335 e. The molecule has 2 aromatic rings. The van der Waals surface area contributed by atoms with Crippen molar-refractivity contribution in [3.8, 4) is 0 Å². The molecule has 0 unspecified atom stereocenters. The average molecular weight is 261 g/mol. The molecule has 1 aromatic carbocycles. The lowest BCUT2D eigenvalue weighted by Crippen LogP contribution is -2.05. The zero-order valence-electron chi connectivity index (χ0n) is 9.93. The number of benzene rings is 1. The van der Waals surface area contributed by atoms with E-state index in [1.807, 2.05) is 4.57 Å². The number of aromatic carboxylic acids is 1. The molecule has 0 amide bonds. The molecule has 1 aromatic heterocycles. The Balaban J connectivity index is 2.08. The summed E-state index contributed by atoms with van der Waals surface area (Å²) in [4.78, 5) is 17.5. The third kappa shape index (κ3) is 3.01. The molecule has 0 spiro atoms. The van der Waals surface area contributed by atoms with Gasteiger partial charge in [0.15, 0.2) is 0 Å². The second kappa shape index (κ2) is 5.85. The molecule has 19 heavy (non-hydrogen) atoms. The number of hydrogen-bond acceptors (Lipinski definition) is 4. The Labute approximate surface area is 107 Å². The minimum atomic E-state index is -0.978. The first kappa shape index (κ1) is 12.9. The number of fused-ring (bicyclic) bond motifs is 1. The number of carboxylic acid groups (broad SMARTS) is 1. The summed E-state index contributed by atoms with van der Waals surface area (Å²) in [7, 11) is 0. The van der Waals surface area contributed by atoms with Gasteiger partial charge in [-0.3, -0.25) is 0 Å². The van der Waals surface area contributed by atoms with Crippen LogP contribution in [0.4, 0.5) is 0 Å². The van der Waals surface area contributed by atoms with Gasteiger partial charge in [-0.1, -0.05) is 5.11 Å². The molecule has 0 fully saturated rings. The molecule has 98 valence electrons. The van der Waals surface area contributed by atoms with Crippen LogP contribution in [0.15, 0.2) is 29.6 Å². The van der Waals surface area contributed by atoms with Gasteiger partial charge >= 0.3 is 5.97 Å². The quantitative estimate of drug-likeness (QED) is 0.371. The minimum absolute atomic E-state index is 0.00765. The normalized spacial score (nSPS) is 10.3. The molecule has 0 saturated heterocycles. The summed E-state index contributed by atoms with van der Waals surface area (Å²) in [6, 6.07) is 4.76.